The molecule has 0 saturated carbocycles. The van der Waals surface area contributed by atoms with Crippen LogP contribution >= 0.6 is 11.3 Å². The van der Waals surface area contributed by atoms with Crippen LogP contribution in [0.15, 0.2) is 30.3 Å². The smallest absolute Gasteiger partial charge is 0.261 e. The van der Waals surface area contributed by atoms with Gasteiger partial charge in [-0.3, -0.25) is 9.69 Å². The van der Waals surface area contributed by atoms with Crippen LogP contribution in [0.3, 0.4) is 0 Å². The van der Waals surface area contributed by atoms with Crippen LogP contribution in [-0.4, -0.2) is 39.9 Å². The molecule has 0 radical (unpaired) electrons. The SMILES string of the molecule is CCc1nc(C)c2c(C)c(C(=O)NC3CCN(Cc4ccccc4)CC3)sc2n1. The molecule has 1 N–H and O–H groups in total. The molecule has 1 amide bonds. The Hall–Kier alpha value is -2.31. The average molecular weight is 409 g/mol. The number of likely N-dealkylation sites (tertiary alicyclic amines) is 1. The number of nitrogens with one attached hydrogen (secondary N) is 1. The maximum atomic E-state index is 13.0. The number of fused-ring (bicyclic) bond motifs is 1. The predicted molar refractivity (Wildman–Crippen MR) is 118 cm³/mol. The zero-order valence-corrected chi connectivity index (χ0v) is 18.2. The minimum atomic E-state index is 0.0319. The van der Waals surface area contributed by atoms with Crippen LogP contribution in [0.4, 0.5) is 0 Å². The summed E-state index contributed by atoms with van der Waals surface area (Å²) in [6.07, 6.45) is 2.78. The van der Waals surface area contributed by atoms with Gasteiger partial charge in [-0.15, -0.1) is 11.3 Å². The first kappa shape index (κ1) is 20.0. The van der Waals surface area contributed by atoms with Crippen molar-refractivity contribution in [2.45, 2.75) is 52.6 Å². The highest BCUT2D eigenvalue weighted by Crippen LogP contribution is 2.31. The van der Waals surface area contributed by atoms with Gasteiger partial charge in [0.25, 0.3) is 5.91 Å². The lowest BCUT2D eigenvalue weighted by Crippen LogP contribution is -2.44. The zero-order valence-electron chi connectivity index (χ0n) is 17.4. The molecule has 1 fully saturated rings. The van der Waals surface area contributed by atoms with Crippen molar-refractivity contribution < 1.29 is 4.79 Å². The molecular weight excluding hydrogens is 380 g/mol. The Kier molecular flexibility index (Phi) is 5.92. The second kappa shape index (κ2) is 8.59. The third-order valence-electron chi connectivity index (χ3n) is 5.71. The van der Waals surface area contributed by atoms with E-state index in [9.17, 15) is 4.79 Å². The number of amides is 1. The van der Waals surface area contributed by atoms with Crippen LogP contribution in [0.1, 0.15) is 52.1 Å². The Balaban J connectivity index is 1.40. The van der Waals surface area contributed by atoms with Gasteiger partial charge in [0, 0.05) is 43.2 Å². The first-order chi connectivity index (χ1) is 14.0. The molecule has 3 aromatic rings. The van der Waals surface area contributed by atoms with Crippen molar-refractivity contribution in [2.24, 2.45) is 0 Å². The van der Waals surface area contributed by atoms with Crippen molar-refractivity contribution in [3.05, 3.63) is 57.9 Å². The van der Waals surface area contributed by atoms with Crippen LogP contribution in [-0.2, 0) is 13.0 Å². The van der Waals surface area contributed by atoms with Gasteiger partial charge in [-0.2, -0.15) is 0 Å². The Morgan fingerprint density at radius 3 is 2.59 bits per heavy atom. The lowest BCUT2D eigenvalue weighted by molar-refractivity contribution is 0.0912. The summed E-state index contributed by atoms with van der Waals surface area (Å²) < 4.78 is 0. The molecular formula is C23H28N4OS. The van der Waals surface area contributed by atoms with Crippen molar-refractivity contribution in [3.63, 3.8) is 0 Å². The van der Waals surface area contributed by atoms with Gasteiger partial charge in [0.05, 0.1) is 4.88 Å². The van der Waals surface area contributed by atoms with Gasteiger partial charge in [0.2, 0.25) is 0 Å². The minimum Gasteiger partial charge on any atom is -0.349 e. The maximum absolute atomic E-state index is 13.0. The number of benzene rings is 1. The fourth-order valence-corrected chi connectivity index (χ4v) is 5.25. The van der Waals surface area contributed by atoms with E-state index in [0.29, 0.717) is 0 Å². The van der Waals surface area contributed by atoms with Crippen LogP contribution in [0.5, 0.6) is 0 Å². The number of hydrogen-bond acceptors (Lipinski definition) is 5. The number of piperidine rings is 1. The Morgan fingerprint density at radius 1 is 1.17 bits per heavy atom. The summed E-state index contributed by atoms with van der Waals surface area (Å²) in [5.41, 5.74) is 3.32. The molecule has 29 heavy (non-hydrogen) atoms. The summed E-state index contributed by atoms with van der Waals surface area (Å²) in [6.45, 7) is 9.07. The Bertz CT molecular complexity index is 1010. The molecule has 3 heterocycles. The highest BCUT2D eigenvalue weighted by Gasteiger charge is 2.24. The lowest BCUT2D eigenvalue weighted by Gasteiger charge is -2.32. The molecule has 1 aromatic carbocycles. The topological polar surface area (TPSA) is 58.1 Å². The van der Waals surface area contributed by atoms with E-state index in [0.717, 1.165) is 71.1 Å². The number of carbonyl (C=O) groups is 1. The van der Waals surface area contributed by atoms with Crippen LogP contribution < -0.4 is 5.32 Å². The van der Waals surface area contributed by atoms with Crippen LogP contribution in [0.25, 0.3) is 10.2 Å². The van der Waals surface area contributed by atoms with Crippen molar-refractivity contribution in [2.75, 3.05) is 13.1 Å². The molecule has 0 aliphatic carbocycles. The van der Waals surface area contributed by atoms with Gasteiger partial charge < -0.3 is 5.32 Å². The summed E-state index contributed by atoms with van der Waals surface area (Å²) >= 11 is 1.49. The van der Waals surface area contributed by atoms with E-state index in [1.165, 1.54) is 16.9 Å². The van der Waals surface area contributed by atoms with Crippen LogP contribution in [0, 0.1) is 13.8 Å². The number of aromatic nitrogens is 2. The second-order valence-corrected chi connectivity index (χ2v) is 8.82. The number of hydrogen-bond donors (Lipinski definition) is 1. The van der Waals surface area contributed by atoms with E-state index < -0.39 is 0 Å². The lowest BCUT2D eigenvalue weighted by atomic mass is 10.0. The fraction of sp³-hybridized carbons (Fsp3) is 0.435. The number of nitrogens with zero attached hydrogens (tertiary/aromatic N) is 3. The third-order valence-corrected chi connectivity index (χ3v) is 6.90. The summed E-state index contributed by atoms with van der Waals surface area (Å²) in [5.74, 6) is 0.874. The Morgan fingerprint density at radius 2 is 1.90 bits per heavy atom. The van der Waals surface area contributed by atoms with Gasteiger partial charge in [-0.05, 0) is 37.8 Å². The standard InChI is InChI=1S/C23H28N4OS/c1-4-19-24-16(3)20-15(2)21(29-23(20)26-19)22(28)25-18-10-12-27(13-11-18)14-17-8-6-5-7-9-17/h5-9,18H,4,10-14H2,1-3H3,(H,25,28). The molecule has 5 nitrogen and oxygen atoms in total. The van der Waals surface area contributed by atoms with E-state index in [-0.39, 0.29) is 11.9 Å². The summed E-state index contributed by atoms with van der Waals surface area (Å²) in [4.78, 5) is 26.4. The van der Waals surface area contributed by atoms with Gasteiger partial charge >= 0.3 is 0 Å². The highest BCUT2D eigenvalue weighted by atomic mass is 32.1. The van der Waals surface area contributed by atoms with E-state index >= 15 is 0 Å². The molecule has 2 aromatic heterocycles. The molecule has 0 spiro atoms. The Labute approximate surface area is 176 Å². The monoisotopic (exact) mass is 408 g/mol. The normalized spacial score (nSPS) is 15.7. The molecule has 0 bridgehead atoms. The average Bonchev–Trinajstić information content (AvgIpc) is 3.07. The highest BCUT2D eigenvalue weighted by molar-refractivity contribution is 7.20. The molecule has 0 unspecified atom stereocenters. The van der Waals surface area contributed by atoms with Crippen LogP contribution in [0.2, 0.25) is 0 Å². The number of carbonyl (C=O) groups excluding carboxylic acids is 1. The fourth-order valence-electron chi connectivity index (χ4n) is 4.10. The predicted octanol–water partition coefficient (Wildman–Crippen LogP) is 4.26. The number of aryl methyl sites for hydroxylation is 3. The summed E-state index contributed by atoms with van der Waals surface area (Å²) in [5, 5.41) is 4.30. The van der Waals surface area contributed by atoms with Gasteiger partial charge in [-0.1, -0.05) is 37.3 Å². The molecule has 152 valence electrons. The number of rotatable bonds is 5. The van der Waals surface area contributed by atoms with Gasteiger partial charge in [0.1, 0.15) is 10.7 Å². The first-order valence-electron chi connectivity index (χ1n) is 10.4. The van der Waals surface area contributed by atoms with Crippen molar-refractivity contribution in [1.29, 1.82) is 0 Å². The summed E-state index contributed by atoms with van der Waals surface area (Å²) in [7, 11) is 0. The first-order valence-corrected chi connectivity index (χ1v) is 11.2. The van der Waals surface area contributed by atoms with E-state index in [1.54, 1.807) is 0 Å². The van der Waals surface area contributed by atoms with Crippen molar-refractivity contribution in [3.8, 4) is 0 Å². The van der Waals surface area contributed by atoms with Crippen molar-refractivity contribution >= 4 is 27.5 Å². The number of thiophene rings is 1. The van der Waals surface area contributed by atoms with Gasteiger partial charge in [0.15, 0.2) is 0 Å². The molecule has 1 saturated heterocycles. The van der Waals surface area contributed by atoms with Crippen molar-refractivity contribution in [1.82, 2.24) is 20.2 Å². The van der Waals surface area contributed by atoms with E-state index in [4.69, 9.17) is 0 Å². The summed E-state index contributed by atoms with van der Waals surface area (Å²) in [6, 6.07) is 10.8. The molecule has 0 atom stereocenters. The van der Waals surface area contributed by atoms with E-state index in [1.807, 2.05) is 13.8 Å². The van der Waals surface area contributed by atoms with Gasteiger partial charge in [-0.25, -0.2) is 9.97 Å². The molecule has 1 aliphatic heterocycles. The minimum absolute atomic E-state index is 0.0319. The van der Waals surface area contributed by atoms with E-state index in [2.05, 4.69) is 57.4 Å². The molecule has 4 rings (SSSR count). The second-order valence-electron chi connectivity index (χ2n) is 7.82. The maximum Gasteiger partial charge on any atom is 0.261 e. The largest absolute Gasteiger partial charge is 0.349 e. The zero-order chi connectivity index (χ0) is 20.4. The quantitative estimate of drug-likeness (QED) is 0.685. The third kappa shape index (κ3) is 4.33. The molecule has 1 aliphatic rings. The molecule has 6 heteroatoms.